The quantitative estimate of drug-likeness (QED) is 0.634. The molecule has 0 amide bonds. The number of fused-ring (bicyclic) bond motifs is 1. The lowest BCUT2D eigenvalue weighted by atomic mass is 10.1. The molecule has 96 valence electrons. The zero-order chi connectivity index (χ0) is 13.7. The van der Waals surface area contributed by atoms with Crippen LogP contribution in [0.5, 0.6) is 0 Å². The van der Waals surface area contributed by atoms with E-state index in [1.165, 1.54) is 13.0 Å². The van der Waals surface area contributed by atoms with Crippen LogP contribution in [0, 0.1) is 13.8 Å². The third-order valence-electron chi connectivity index (χ3n) is 2.76. The van der Waals surface area contributed by atoms with Crippen LogP contribution in [-0.2, 0) is 10.1 Å². The van der Waals surface area contributed by atoms with Gasteiger partial charge < -0.3 is 4.98 Å². The summed E-state index contributed by atoms with van der Waals surface area (Å²) in [5, 5.41) is 0.00493. The van der Waals surface area contributed by atoms with Gasteiger partial charge in [0.15, 0.2) is 0 Å². The van der Waals surface area contributed by atoms with Crippen LogP contribution in [0.25, 0.3) is 10.9 Å². The van der Waals surface area contributed by atoms with Gasteiger partial charge in [0.1, 0.15) is 4.90 Å². The van der Waals surface area contributed by atoms with Gasteiger partial charge in [0.25, 0.3) is 15.7 Å². The molecule has 2 aromatic rings. The number of aromatic nitrogens is 2. The second kappa shape index (κ2) is 3.79. The molecule has 0 atom stereocenters. The molecule has 18 heavy (non-hydrogen) atoms. The summed E-state index contributed by atoms with van der Waals surface area (Å²) in [5.41, 5.74) is -0.921. The maximum absolute atomic E-state index is 11.6. The van der Waals surface area contributed by atoms with Crippen molar-refractivity contribution in [3.63, 3.8) is 0 Å². The van der Waals surface area contributed by atoms with Gasteiger partial charge in [-0.3, -0.25) is 14.3 Å². The van der Waals surface area contributed by atoms with E-state index in [0.29, 0.717) is 5.56 Å². The van der Waals surface area contributed by atoms with E-state index in [-0.39, 0.29) is 16.5 Å². The van der Waals surface area contributed by atoms with Crippen molar-refractivity contribution < 1.29 is 13.0 Å². The Morgan fingerprint density at radius 2 is 1.78 bits per heavy atom. The molecule has 1 aromatic heterocycles. The van der Waals surface area contributed by atoms with Gasteiger partial charge in [-0.15, -0.1) is 0 Å². The van der Waals surface area contributed by atoms with Gasteiger partial charge >= 0.3 is 5.69 Å². The molecule has 0 saturated carbocycles. The molecular weight excluding hydrogens is 260 g/mol. The summed E-state index contributed by atoms with van der Waals surface area (Å²) in [4.78, 5) is 26.6. The van der Waals surface area contributed by atoms with Crippen LogP contribution in [0.2, 0.25) is 0 Å². The van der Waals surface area contributed by atoms with Crippen LogP contribution < -0.4 is 11.2 Å². The second-order valence-electron chi connectivity index (χ2n) is 3.95. The van der Waals surface area contributed by atoms with Crippen molar-refractivity contribution in [3.8, 4) is 0 Å². The number of hydrogen-bond donors (Lipinski definition) is 3. The molecule has 1 aromatic carbocycles. The number of hydrogen-bond acceptors (Lipinski definition) is 4. The molecule has 0 aliphatic heterocycles. The number of aryl methyl sites for hydroxylation is 1. The van der Waals surface area contributed by atoms with Crippen molar-refractivity contribution in [1.29, 1.82) is 0 Å². The first-order valence-electron chi connectivity index (χ1n) is 4.96. The van der Waals surface area contributed by atoms with Crippen LogP contribution in [0.3, 0.4) is 0 Å². The minimum Gasteiger partial charge on any atom is -0.305 e. The summed E-state index contributed by atoms with van der Waals surface area (Å²) >= 11 is 0. The summed E-state index contributed by atoms with van der Waals surface area (Å²) < 4.78 is 31.9. The molecule has 0 aliphatic rings. The topological polar surface area (TPSA) is 120 Å². The predicted octanol–water partition coefficient (Wildman–Crippen LogP) is 0.0799. The zero-order valence-electron chi connectivity index (χ0n) is 9.57. The lowest BCUT2D eigenvalue weighted by Crippen LogP contribution is -2.23. The molecule has 0 bridgehead atoms. The Labute approximate surface area is 101 Å². The molecule has 3 N–H and O–H groups in total. The SMILES string of the molecule is Cc1cc2c(=O)[nH]c(=O)[nH]c2c(S(=O)(=O)O)c1C. The average molecular weight is 270 g/mol. The van der Waals surface area contributed by atoms with Crippen molar-refractivity contribution in [3.05, 3.63) is 38.0 Å². The van der Waals surface area contributed by atoms with E-state index in [9.17, 15) is 22.6 Å². The van der Waals surface area contributed by atoms with Crippen LogP contribution in [0.1, 0.15) is 11.1 Å². The fourth-order valence-corrected chi connectivity index (χ4v) is 2.79. The first kappa shape index (κ1) is 12.5. The molecule has 2 rings (SSSR count). The van der Waals surface area contributed by atoms with Gasteiger partial charge in [0.2, 0.25) is 0 Å². The highest BCUT2D eigenvalue weighted by atomic mass is 32.2. The van der Waals surface area contributed by atoms with E-state index >= 15 is 0 Å². The summed E-state index contributed by atoms with van der Waals surface area (Å²) in [7, 11) is -4.54. The van der Waals surface area contributed by atoms with E-state index in [4.69, 9.17) is 0 Å². The van der Waals surface area contributed by atoms with E-state index in [1.54, 1.807) is 6.92 Å². The molecule has 0 spiro atoms. The maximum atomic E-state index is 11.6. The Morgan fingerprint density at radius 3 is 2.33 bits per heavy atom. The molecule has 0 aliphatic carbocycles. The molecule has 1 heterocycles. The van der Waals surface area contributed by atoms with Gasteiger partial charge in [-0.25, -0.2) is 4.79 Å². The number of nitrogens with one attached hydrogen (secondary N) is 2. The van der Waals surface area contributed by atoms with Gasteiger partial charge in [0, 0.05) is 0 Å². The highest BCUT2D eigenvalue weighted by Gasteiger charge is 2.21. The normalized spacial score (nSPS) is 11.9. The monoisotopic (exact) mass is 270 g/mol. The minimum atomic E-state index is -4.54. The smallest absolute Gasteiger partial charge is 0.305 e. The molecule has 7 nitrogen and oxygen atoms in total. The molecule has 0 fully saturated rings. The third-order valence-corrected chi connectivity index (χ3v) is 3.78. The summed E-state index contributed by atoms with van der Waals surface area (Å²) in [6, 6.07) is 1.45. The fraction of sp³-hybridized carbons (Fsp3) is 0.200. The van der Waals surface area contributed by atoms with Crippen molar-refractivity contribution in [2.45, 2.75) is 18.7 Å². The molecule has 0 radical (unpaired) electrons. The highest BCUT2D eigenvalue weighted by Crippen LogP contribution is 2.25. The molecule has 0 saturated heterocycles. The van der Waals surface area contributed by atoms with Gasteiger partial charge in [-0.1, -0.05) is 0 Å². The fourth-order valence-electron chi connectivity index (χ4n) is 1.83. The lowest BCUT2D eigenvalue weighted by molar-refractivity contribution is 0.483. The van der Waals surface area contributed by atoms with E-state index in [2.05, 4.69) is 4.98 Å². The first-order chi connectivity index (χ1) is 8.21. The van der Waals surface area contributed by atoms with Crippen LogP contribution in [0.4, 0.5) is 0 Å². The van der Waals surface area contributed by atoms with Crippen molar-refractivity contribution >= 4 is 21.0 Å². The average Bonchev–Trinajstić information content (AvgIpc) is 2.19. The summed E-state index contributed by atoms with van der Waals surface area (Å²) in [5.74, 6) is 0. The van der Waals surface area contributed by atoms with Crippen molar-refractivity contribution in [2.24, 2.45) is 0 Å². The van der Waals surface area contributed by atoms with Crippen LogP contribution in [-0.4, -0.2) is 22.9 Å². The van der Waals surface area contributed by atoms with Gasteiger partial charge in [0.05, 0.1) is 10.9 Å². The van der Waals surface area contributed by atoms with E-state index < -0.39 is 26.3 Å². The van der Waals surface area contributed by atoms with E-state index in [0.717, 1.165) is 0 Å². The van der Waals surface area contributed by atoms with Crippen molar-refractivity contribution in [1.82, 2.24) is 9.97 Å². The Kier molecular flexibility index (Phi) is 2.63. The number of rotatable bonds is 1. The Hall–Kier alpha value is -1.93. The standard InChI is InChI=1S/C10H10N2O5S/c1-4-3-6-7(11-10(14)12-9(6)13)8(5(4)2)18(15,16)17/h3H,1-2H3,(H,15,16,17)(H2,11,12,13,14). The predicted molar refractivity (Wildman–Crippen MR) is 64.5 cm³/mol. The maximum Gasteiger partial charge on any atom is 0.326 e. The zero-order valence-corrected chi connectivity index (χ0v) is 10.4. The summed E-state index contributed by atoms with van der Waals surface area (Å²) in [6.07, 6.45) is 0. The van der Waals surface area contributed by atoms with Gasteiger partial charge in [-0.2, -0.15) is 8.42 Å². The molecule has 0 unspecified atom stereocenters. The largest absolute Gasteiger partial charge is 0.326 e. The number of aromatic amines is 2. The van der Waals surface area contributed by atoms with Crippen LogP contribution in [0.15, 0.2) is 20.6 Å². The molecule has 8 heteroatoms. The van der Waals surface area contributed by atoms with Crippen molar-refractivity contribution in [2.75, 3.05) is 0 Å². The third kappa shape index (κ3) is 1.85. The number of H-pyrrole nitrogens is 2. The summed E-state index contributed by atoms with van der Waals surface area (Å²) in [6.45, 7) is 3.09. The Bertz CT molecular complexity index is 860. The highest BCUT2D eigenvalue weighted by molar-refractivity contribution is 7.86. The Balaban J connectivity index is 3.23. The van der Waals surface area contributed by atoms with E-state index in [1.807, 2.05) is 4.98 Å². The first-order valence-corrected chi connectivity index (χ1v) is 6.40. The molecular formula is C10H10N2O5S. The van der Waals surface area contributed by atoms with Crippen LogP contribution >= 0.6 is 0 Å². The minimum absolute atomic E-state index is 0.00493. The second-order valence-corrected chi connectivity index (χ2v) is 5.31. The van der Waals surface area contributed by atoms with Gasteiger partial charge in [-0.05, 0) is 31.0 Å². The lowest BCUT2D eigenvalue weighted by Gasteiger charge is -2.09. The Morgan fingerprint density at radius 1 is 1.17 bits per heavy atom. The number of benzene rings is 1.